The summed E-state index contributed by atoms with van der Waals surface area (Å²) in [5.41, 5.74) is 13.2. The third-order valence-corrected chi connectivity index (χ3v) is 6.29. The highest BCUT2D eigenvalue weighted by Crippen LogP contribution is 2.46. The van der Waals surface area contributed by atoms with E-state index < -0.39 is 8.30 Å². The maximum atomic E-state index is 10.7. The number of nitrogens with one attached hydrogen (secondary N) is 1. The lowest BCUT2D eigenvalue weighted by Crippen LogP contribution is -2.18. The molecule has 0 fully saturated rings. The Kier molecular flexibility index (Phi) is 21.2. The lowest BCUT2D eigenvalue weighted by atomic mass is 10.2. The van der Waals surface area contributed by atoms with Crippen molar-refractivity contribution in [3.05, 3.63) is 18.2 Å². The van der Waals surface area contributed by atoms with E-state index in [1.807, 2.05) is 29.9 Å². The first-order chi connectivity index (χ1) is 14.8. The van der Waals surface area contributed by atoms with E-state index in [0.29, 0.717) is 5.69 Å². The number of carbonyl (C=O) groups is 2. The smallest absolute Gasteiger partial charge is 0.290 e. The van der Waals surface area contributed by atoms with Gasteiger partial charge in [0.25, 0.3) is 6.47 Å². The summed E-state index contributed by atoms with van der Waals surface area (Å²) in [5, 5.41) is 10.4. The summed E-state index contributed by atoms with van der Waals surface area (Å²) in [6.07, 6.45) is 7.11. The van der Waals surface area contributed by atoms with Crippen LogP contribution in [0.4, 0.5) is 17.1 Å². The van der Waals surface area contributed by atoms with Gasteiger partial charge in [-0.15, -0.1) is 0 Å². The van der Waals surface area contributed by atoms with Crippen LogP contribution < -0.4 is 21.5 Å². The van der Waals surface area contributed by atoms with Crippen LogP contribution in [0.25, 0.3) is 0 Å². The molecule has 7 N–H and O–H groups in total. The van der Waals surface area contributed by atoms with Crippen LogP contribution in [0.5, 0.6) is 0 Å². The minimum atomic E-state index is -1.28. The molecular formula is C21H41N4O5P. The monoisotopic (exact) mass is 460 g/mol. The fraction of sp³-hybridized carbons (Fsp3) is 0.619. The molecule has 0 spiro atoms. The molecule has 31 heavy (non-hydrogen) atoms. The van der Waals surface area contributed by atoms with Crippen molar-refractivity contribution in [3.8, 4) is 0 Å². The van der Waals surface area contributed by atoms with Gasteiger partial charge in [0.1, 0.15) is 8.30 Å². The molecule has 0 aliphatic heterocycles. The third kappa shape index (κ3) is 15.4. The number of nitrogens with two attached hydrogens (primary N) is 2. The van der Waals surface area contributed by atoms with Crippen molar-refractivity contribution < 1.29 is 24.3 Å². The first kappa shape index (κ1) is 31.1. The lowest BCUT2D eigenvalue weighted by molar-refractivity contribution is -0.122. The summed E-state index contributed by atoms with van der Waals surface area (Å²) in [4.78, 5) is 27.6. The molecule has 0 aliphatic rings. The van der Waals surface area contributed by atoms with E-state index in [-0.39, 0.29) is 18.5 Å². The van der Waals surface area contributed by atoms with Gasteiger partial charge in [-0.2, -0.15) is 0 Å². The molecule has 2 atom stereocenters. The molecule has 0 radical (unpaired) electrons. The normalized spacial score (nSPS) is 11.6. The van der Waals surface area contributed by atoms with Gasteiger partial charge in [-0.3, -0.25) is 9.59 Å². The molecular weight excluding hydrogens is 419 g/mol. The van der Waals surface area contributed by atoms with Crippen molar-refractivity contribution in [1.82, 2.24) is 0 Å². The molecule has 1 aromatic carbocycles. The number of primary amides is 1. The van der Waals surface area contributed by atoms with E-state index in [1.54, 1.807) is 7.11 Å². The predicted octanol–water partition coefficient (Wildman–Crippen LogP) is 3.62. The molecule has 0 saturated carbocycles. The van der Waals surface area contributed by atoms with Gasteiger partial charge in [-0.25, -0.2) is 0 Å². The van der Waals surface area contributed by atoms with Gasteiger partial charge in [-0.1, -0.05) is 33.1 Å². The SMILES string of the molecule is CCCCCCNc1ccc(N)c(N(C)P(O)C(C)CCCOC)c1.NC=O.O=CO. The van der Waals surface area contributed by atoms with Crippen LogP contribution in [0, 0.1) is 0 Å². The summed E-state index contributed by atoms with van der Waals surface area (Å²) in [6.45, 7) is 5.76. The van der Waals surface area contributed by atoms with E-state index in [9.17, 15) is 4.89 Å². The fourth-order valence-electron chi connectivity index (χ4n) is 2.76. The number of methoxy groups -OCH3 is 1. The van der Waals surface area contributed by atoms with Gasteiger partial charge in [0.2, 0.25) is 6.41 Å². The van der Waals surface area contributed by atoms with Crippen LogP contribution in [-0.4, -0.2) is 55.9 Å². The Balaban J connectivity index is 0. The Morgan fingerprint density at radius 2 is 1.87 bits per heavy atom. The fourth-order valence-corrected chi connectivity index (χ4v) is 4.16. The summed E-state index contributed by atoms with van der Waals surface area (Å²) in [7, 11) is 2.36. The molecule has 0 aromatic heterocycles. The summed E-state index contributed by atoms with van der Waals surface area (Å²) >= 11 is 0. The van der Waals surface area contributed by atoms with Crippen molar-refractivity contribution in [1.29, 1.82) is 0 Å². The molecule has 9 nitrogen and oxygen atoms in total. The van der Waals surface area contributed by atoms with Gasteiger partial charge in [0, 0.05) is 38.7 Å². The predicted molar refractivity (Wildman–Crippen MR) is 131 cm³/mol. The number of amides is 1. The van der Waals surface area contributed by atoms with Crippen molar-refractivity contribution >= 4 is 38.2 Å². The second kappa shape index (κ2) is 21.2. The van der Waals surface area contributed by atoms with E-state index >= 15 is 0 Å². The highest BCUT2D eigenvalue weighted by atomic mass is 31.2. The van der Waals surface area contributed by atoms with Crippen molar-refractivity contribution in [3.63, 3.8) is 0 Å². The highest BCUT2D eigenvalue weighted by molar-refractivity contribution is 7.54. The zero-order valence-corrected chi connectivity index (χ0v) is 20.2. The van der Waals surface area contributed by atoms with Crippen LogP contribution in [0.3, 0.4) is 0 Å². The molecule has 10 heteroatoms. The topological polar surface area (TPSA) is 151 Å². The summed E-state index contributed by atoms with van der Waals surface area (Å²) in [6, 6.07) is 5.97. The Hall–Kier alpha value is -2.09. The number of hydrogen-bond acceptors (Lipinski definition) is 7. The highest BCUT2D eigenvalue weighted by Gasteiger charge is 2.21. The number of unbranched alkanes of at least 4 members (excludes halogenated alkanes) is 3. The molecule has 0 bridgehead atoms. The van der Waals surface area contributed by atoms with Crippen molar-refractivity contribution in [2.24, 2.45) is 5.73 Å². The third-order valence-electron chi connectivity index (χ3n) is 4.41. The molecule has 1 rings (SSSR count). The zero-order chi connectivity index (χ0) is 24.1. The minimum absolute atomic E-state index is 0.209. The molecule has 2 unspecified atom stereocenters. The second-order valence-corrected chi connectivity index (χ2v) is 8.95. The number of benzene rings is 1. The van der Waals surface area contributed by atoms with Gasteiger partial charge in [0.05, 0.1) is 11.4 Å². The summed E-state index contributed by atoms with van der Waals surface area (Å²) in [5.74, 6) is 0. The van der Waals surface area contributed by atoms with Gasteiger partial charge in [0.15, 0.2) is 0 Å². The van der Waals surface area contributed by atoms with Crippen LogP contribution in [0.15, 0.2) is 18.2 Å². The molecule has 0 saturated heterocycles. The van der Waals surface area contributed by atoms with E-state index in [2.05, 4.69) is 24.9 Å². The number of nitrogen functional groups attached to an aromatic ring is 1. The number of carbonyl (C=O) groups excluding carboxylic acids is 1. The van der Waals surface area contributed by atoms with Crippen LogP contribution in [0.2, 0.25) is 0 Å². The first-order valence-electron chi connectivity index (χ1n) is 10.4. The van der Waals surface area contributed by atoms with Crippen molar-refractivity contribution in [2.75, 3.05) is 43.0 Å². The van der Waals surface area contributed by atoms with E-state index in [4.69, 9.17) is 25.2 Å². The maximum Gasteiger partial charge on any atom is 0.290 e. The van der Waals surface area contributed by atoms with Crippen molar-refractivity contribution in [2.45, 2.75) is 58.0 Å². The van der Waals surface area contributed by atoms with E-state index in [0.717, 1.165) is 37.4 Å². The quantitative estimate of drug-likeness (QED) is 0.130. The molecule has 0 aliphatic carbocycles. The second-order valence-electron chi connectivity index (χ2n) is 6.83. The lowest BCUT2D eigenvalue weighted by Gasteiger charge is -2.30. The number of anilines is 3. The average Bonchev–Trinajstić information content (AvgIpc) is 2.75. The molecule has 1 amide bonds. The Labute approximate surface area is 188 Å². The number of hydrogen-bond donors (Lipinski definition) is 5. The number of nitrogens with zero attached hydrogens (tertiary/aromatic N) is 1. The Bertz CT molecular complexity index is 575. The largest absolute Gasteiger partial charge is 0.483 e. The van der Waals surface area contributed by atoms with Crippen LogP contribution in [0.1, 0.15) is 52.4 Å². The minimum Gasteiger partial charge on any atom is -0.483 e. The Morgan fingerprint density at radius 3 is 2.42 bits per heavy atom. The van der Waals surface area contributed by atoms with Gasteiger partial charge >= 0.3 is 0 Å². The maximum absolute atomic E-state index is 10.7. The van der Waals surface area contributed by atoms with E-state index in [1.165, 1.54) is 25.7 Å². The van der Waals surface area contributed by atoms with Gasteiger partial charge in [-0.05, 0) is 37.5 Å². The number of ether oxygens (including phenoxy) is 1. The standard InChI is InChI=1S/C19H36N3O2P.CH3NO.CH2O2/c1-5-6-7-8-13-21-17-11-12-18(20)19(15-17)22(3)25(23)16(2)10-9-14-24-4;2*2-1-3/h11-12,15-16,21,23H,5-10,13-14,20H2,1-4H3;1H,(H2,2,3);1H,(H,2,3). The first-order valence-corrected chi connectivity index (χ1v) is 11.7. The summed E-state index contributed by atoms with van der Waals surface area (Å²) < 4.78 is 7.03. The Morgan fingerprint density at radius 1 is 1.26 bits per heavy atom. The number of rotatable bonds is 13. The average molecular weight is 461 g/mol. The van der Waals surface area contributed by atoms with Crippen LogP contribution >= 0.6 is 8.30 Å². The van der Waals surface area contributed by atoms with Crippen LogP contribution in [-0.2, 0) is 14.3 Å². The molecule has 0 heterocycles. The molecule has 180 valence electrons. The van der Waals surface area contributed by atoms with Gasteiger partial charge < -0.3 is 36.2 Å². The molecule has 1 aromatic rings. The number of carboxylic acid groups (broad SMARTS) is 1. The zero-order valence-electron chi connectivity index (χ0n) is 19.3.